The molecule has 0 bridgehead atoms. The first-order valence-corrected chi connectivity index (χ1v) is 6.93. The molecule has 16 heavy (non-hydrogen) atoms. The van der Waals surface area contributed by atoms with Crippen molar-refractivity contribution < 1.29 is 4.79 Å². The zero-order chi connectivity index (χ0) is 11.1. The van der Waals surface area contributed by atoms with Crippen LogP contribution in [-0.2, 0) is 0 Å². The maximum atomic E-state index is 11.8. The maximum absolute atomic E-state index is 11.8. The molecular formula is C10H12BrN3OS. The number of carbonyl (C=O) groups is 1. The molecule has 2 fully saturated rings. The first-order valence-electron chi connectivity index (χ1n) is 5.26. The highest BCUT2D eigenvalue weighted by atomic mass is 79.9. The Kier molecular flexibility index (Phi) is 2.65. The van der Waals surface area contributed by atoms with Gasteiger partial charge in [-0.25, -0.2) is 4.79 Å². The Morgan fingerprint density at radius 2 is 2.31 bits per heavy atom. The van der Waals surface area contributed by atoms with Gasteiger partial charge in [0.1, 0.15) is 0 Å². The molecule has 0 radical (unpaired) electrons. The highest BCUT2D eigenvalue weighted by Crippen LogP contribution is 2.29. The molecule has 2 N–H and O–H groups in total. The van der Waals surface area contributed by atoms with E-state index in [0.717, 1.165) is 24.1 Å². The average molecular weight is 302 g/mol. The fourth-order valence-electron chi connectivity index (χ4n) is 2.04. The summed E-state index contributed by atoms with van der Waals surface area (Å²) in [6, 6.07) is 2.69. The topological polar surface area (TPSA) is 44.4 Å². The van der Waals surface area contributed by atoms with Crippen molar-refractivity contribution in [3.63, 3.8) is 0 Å². The predicted molar refractivity (Wildman–Crippen MR) is 66.7 cm³/mol. The normalized spacial score (nSPS) is 25.7. The second-order valence-electron chi connectivity index (χ2n) is 4.13. The Labute approximate surface area is 106 Å². The number of rotatable bonds is 2. The van der Waals surface area contributed by atoms with Crippen molar-refractivity contribution in [1.29, 1.82) is 0 Å². The molecule has 2 aliphatic heterocycles. The zero-order valence-electron chi connectivity index (χ0n) is 8.57. The van der Waals surface area contributed by atoms with Crippen LogP contribution in [0.25, 0.3) is 0 Å². The number of amides is 2. The molecule has 86 valence electrons. The van der Waals surface area contributed by atoms with Crippen molar-refractivity contribution in [2.24, 2.45) is 0 Å². The number of halogens is 1. The third-order valence-electron chi connectivity index (χ3n) is 3.07. The van der Waals surface area contributed by atoms with Crippen LogP contribution in [-0.4, -0.2) is 36.6 Å². The summed E-state index contributed by atoms with van der Waals surface area (Å²) in [6.45, 7) is 2.64. The van der Waals surface area contributed by atoms with Gasteiger partial charge < -0.3 is 15.5 Å². The number of hydrogen-bond acceptors (Lipinski definition) is 3. The number of thiophene rings is 1. The van der Waals surface area contributed by atoms with E-state index in [4.69, 9.17) is 0 Å². The summed E-state index contributed by atoms with van der Waals surface area (Å²) in [5.41, 5.74) is 0. The molecule has 0 saturated carbocycles. The van der Waals surface area contributed by atoms with Crippen LogP contribution in [0.5, 0.6) is 0 Å². The van der Waals surface area contributed by atoms with Gasteiger partial charge in [0.25, 0.3) is 0 Å². The monoisotopic (exact) mass is 301 g/mol. The van der Waals surface area contributed by atoms with Crippen LogP contribution in [0.3, 0.4) is 0 Å². The fourth-order valence-corrected chi connectivity index (χ4v) is 3.53. The molecule has 6 heteroatoms. The lowest BCUT2D eigenvalue weighted by molar-refractivity contribution is 0.172. The van der Waals surface area contributed by atoms with Gasteiger partial charge in [-0.1, -0.05) is 0 Å². The van der Waals surface area contributed by atoms with Gasteiger partial charge in [0, 0.05) is 34.4 Å². The van der Waals surface area contributed by atoms with Gasteiger partial charge in [-0.2, -0.15) is 0 Å². The third kappa shape index (κ3) is 1.74. The summed E-state index contributed by atoms with van der Waals surface area (Å²) in [5.74, 6) is 0. The first-order chi connectivity index (χ1) is 7.74. The van der Waals surface area contributed by atoms with Crippen LogP contribution in [0.4, 0.5) is 4.79 Å². The van der Waals surface area contributed by atoms with Crippen molar-refractivity contribution in [3.8, 4) is 0 Å². The van der Waals surface area contributed by atoms with Crippen LogP contribution in [0.1, 0.15) is 10.9 Å². The van der Waals surface area contributed by atoms with E-state index in [1.165, 1.54) is 4.88 Å². The molecule has 2 aliphatic rings. The largest absolute Gasteiger partial charge is 0.329 e. The molecule has 1 aromatic heterocycles. The minimum absolute atomic E-state index is 0.0704. The van der Waals surface area contributed by atoms with Crippen molar-refractivity contribution in [2.45, 2.75) is 12.1 Å². The fraction of sp³-hybridized carbons (Fsp3) is 0.500. The smallest absolute Gasteiger partial charge is 0.318 e. The van der Waals surface area contributed by atoms with Gasteiger partial charge in [0.15, 0.2) is 0 Å². The van der Waals surface area contributed by atoms with Gasteiger partial charge in [0.05, 0.1) is 12.1 Å². The van der Waals surface area contributed by atoms with Gasteiger partial charge >= 0.3 is 6.03 Å². The molecule has 1 atom stereocenters. The minimum atomic E-state index is 0.0704. The molecular weight excluding hydrogens is 290 g/mol. The highest BCUT2D eigenvalue weighted by molar-refractivity contribution is 9.10. The SMILES string of the molecule is O=C1NC(c2cc(Br)cs2)CN1C1CNC1. The zero-order valence-corrected chi connectivity index (χ0v) is 11.0. The first kappa shape index (κ1) is 10.6. The lowest BCUT2D eigenvalue weighted by Crippen LogP contribution is -2.57. The molecule has 0 aromatic carbocycles. The maximum Gasteiger partial charge on any atom is 0.318 e. The van der Waals surface area contributed by atoms with E-state index in [-0.39, 0.29) is 12.1 Å². The molecule has 3 rings (SSSR count). The molecule has 1 aromatic rings. The molecule has 2 saturated heterocycles. The lowest BCUT2D eigenvalue weighted by Gasteiger charge is -2.34. The van der Waals surface area contributed by atoms with Gasteiger partial charge in [0.2, 0.25) is 0 Å². The van der Waals surface area contributed by atoms with Crippen molar-refractivity contribution in [1.82, 2.24) is 15.5 Å². The van der Waals surface area contributed by atoms with E-state index in [1.54, 1.807) is 11.3 Å². The molecule has 4 nitrogen and oxygen atoms in total. The van der Waals surface area contributed by atoms with Crippen molar-refractivity contribution in [2.75, 3.05) is 19.6 Å². The summed E-state index contributed by atoms with van der Waals surface area (Å²) in [7, 11) is 0. The number of hydrogen-bond donors (Lipinski definition) is 2. The van der Waals surface area contributed by atoms with Crippen molar-refractivity contribution in [3.05, 3.63) is 20.8 Å². The number of nitrogens with one attached hydrogen (secondary N) is 2. The second-order valence-corrected chi connectivity index (χ2v) is 5.99. The van der Waals surface area contributed by atoms with Gasteiger partial charge in [-0.05, 0) is 22.0 Å². The van der Waals surface area contributed by atoms with Crippen LogP contribution in [0.2, 0.25) is 0 Å². The number of carbonyl (C=O) groups excluding carboxylic acids is 1. The van der Waals surface area contributed by atoms with Crippen LogP contribution in [0, 0.1) is 0 Å². The highest BCUT2D eigenvalue weighted by Gasteiger charge is 2.37. The lowest BCUT2D eigenvalue weighted by atomic mass is 10.1. The summed E-state index contributed by atoms with van der Waals surface area (Å²) in [6.07, 6.45) is 0. The second kappa shape index (κ2) is 4.01. The predicted octanol–water partition coefficient (Wildman–Crippen LogP) is 1.55. The summed E-state index contributed by atoms with van der Waals surface area (Å²) in [4.78, 5) is 14.9. The molecule has 3 heterocycles. The van der Waals surface area contributed by atoms with Crippen LogP contribution in [0.15, 0.2) is 15.9 Å². The Morgan fingerprint density at radius 1 is 1.50 bits per heavy atom. The van der Waals surface area contributed by atoms with Crippen LogP contribution >= 0.6 is 27.3 Å². The van der Waals surface area contributed by atoms with Crippen LogP contribution < -0.4 is 10.6 Å². The minimum Gasteiger partial charge on any atom is -0.329 e. The number of urea groups is 1. The summed E-state index contributed by atoms with van der Waals surface area (Å²) in [5, 5.41) is 8.27. The van der Waals surface area contributed by atoms with Gasteiger partial charge in [-0.3, -0.25) is 0 Å². The molecule has 0 aliphatic carbocycles. The quantitative estimate of drug-likeness (QED) is 0.870. The molecule has 2 amide bonds. The summed E-state index contributed by atoms with van der Waals surface area (Å²) < 4.78 is 1.09. The standard InChI is InChI=1S/C10H12BrN3OS/c11-6-1-9(16-5-6)8-4-14(10(15)13-8)7-2-12-3-7/h1,5,7-8,12H,2-4H2,(H,13,15). The van der Waals surface area contributed by atoms with Crippen molar-refractivity contribution >= 4 is 33.3 Å². The Bertz CT molecular complexity index is 418. The van der Waals surface area contributed by atoms with E-state index in [2.05, 4.69) is 38.0 Å². The Hall–Kier alpha value is -0.590. The van der Waals surface area contributed by atoms with E-state index in [1.807, 2.05) is 4.90 Å². The number of nitrogens with zero attached hydrogens (tertiary/aromatic N) is 1. The Balaban J connectivity index is 1.73. The van der Waals surface area contributed by atoms with E-state index in [9.17, 15) is 4.79 Å². The van der Waals surface area contributed by atoms with E-state index in [0.29, 0.717) is 6.04 Å². The van der Waals surface area contributed by atoms with Gasteiger partial charge in [-0.15, -0.1) is 11.3 Å². The van der Waals surface area contributed by atoms with E-state index < -0.39 is 0 Å². The molecule has 1 unspecified atom stereocenters. The van der Waals surface area contributed by atoms with E-state index >= 15 is 0 Å². The molecule has 0 spiro atoms. The Morgan fingerprint density at radius 3 is 2.88 bits per heavy atom. The summed E-state index contributed by atoms with van der Waals surface area (Å²) >= 11 is 5.12. The average Bonchev–Trinajstić information content (AvgIpc) is 2.72. The third-order valence-corrected chi connectivity index (χ3v) is 4.88.